The van der Waals surface area contributed by atoms with Gasteiger partial charge in [0.25, 0.3) is 5.91 Å². The second-order valence-corrected chi connectivity index (χ2v) is 7.84. The van der Waals surface area contributed by atoms with Crippen LogP contribution in [0.3, 0.4) is 0 Å². The number of likely N-dealkylation sites (tertiary alicyclic amines) is 1. The van der Waals surface area contributed by atoms with Crippen molar-refractivity contribution in [1.82, 2.24) is 24.8 Å². The summed E-state index contributed by atoms with van der Waals surface area (Å²) in [5, 5.41) is 0. The minimum Gasteiger partial charge on any atom is -0.472 e. The van der Waals surface area contributed by atoms with Crippen molar-refractivity contribution in [2.24, 2.45) is 0 Å². The summed E-state index contributed by atoms with van der Waals surface area (Å²) in [4.78, 5) is 32.4. The van der Waals surface area contributed by atoms with E-state index < -0.39 is 0 Å². The molecule has 1 saturated heterocycles. The van der Waals surface area contributed by atoms with Crippen LogP contribution in [-0.2, 0) is 0 Å². The maximum Gasteiger partial charge on any atom is 0.256 e. The fraction of sp³-hybridized carbons (Fsp3) is 0.286. The first-order valence-electron chi connectivity index (χ1n) is 9.41. The van der Waals surface area contributed by atoms with Crippen LogP contribution in [-0.4, -0.2) is 49.9 Å². The van der Waals surface area contributed by atoms with E-state index >= 15 is 0 Å². The number of halogens is 1. The molecule has 0 radical (unpaired) electrons. The van der Waals surface area contributed by atoms with E-state index in [1.807, 2.05) is 30.0 Å². The molecule has 4 heterocycles. The molecule has 0 N–H and O–H groups in total. The summed E-state index contributed by atoms with van der Waals surface area (Å²) in [6, 6.07) is 7.29. The standard InChI is InChI=1S/C21H20BrN5O2/c1-14-10-17(19(26-11-14)20-23-7-3-8-24-20)21(28)27-9-2-4-16(13-27)29-18-6-5-15(22)12-25-18/h3,5-8,10-12,16H,2,4,9,13H2,1H3. The van der Waals surface area contributed by atoms with Gasteiger partial charge in [-0.1, -0.05) is 0 Å². The van der Waals surface area contributed by atoms with Gasteiger partial charge in [0, 0.05) is 41.9 Å². The Morgan fingerprint density at radius 2 is 2.00 bits per heavy atom. The molecule has 1 amide bonds. The molecule has 29 heavy (non-hydrogen) atoms. The second-order valence-electron chi connectivity index (χ2n) is 6.93. The summed E-state index contributed by atoms with van der Waals surface area (Å²) in [5.74, 6) is 0.920. The average Bonchev–Trinajstić information content (AvgIpc) is 2.75. The number of amides is 1. The number of carbonyl (C=O) groups excluding carboxylic acids is 1. The molecule has 7 nitrogen and oxygen atoms in total. The SMILES string of the molecule is Cc1cnc(-c2ncccn2)c(C(=O)N2CCCC(Oc3ccc(Br)cn3)C2)c1. The number of hydrogen-bond acceptors (Lipinski definition) is 6. The van der Waals surface area contributed by atoms with E-state index in [1.54, 1.807) is 30.9 Å². The molecule has 1 atom stereocenters. The molecule has 0 aliphatic carbocycles. The highest BCUT2D eigenvalue weighted by molar-refractivity contribution is 9.10. The first kappa shape index (κ1) is 19.4. The Hall–Kier alpha value is -2.87. The highest BCUT2D eigenvalue weighted by atomic mass is 79.9. The van der Waals surface area contributed by atoms with Crippen molar-refractivity contribution in [3.63, 3.8) is 0 Å². The van der Waals surface area contributed by atoms with Gasteiger partial charge in [0.15, 0.2) is 5.82 Å². The lowest BCUT2D eigenvalue weighted by Crippen LogP contribution is -2.44. The van der Waals surface area contributed by atoms with Gasteiger partial charge in [-0.2, -0.15) is 0 Å². The van der Waals surface area contributed by atoms with Gasteiger partial charge in [-0.25, -0.2) is 15.0 Å². The summed E-state index contributed by atoms with van der Waals surface area (Å²) < 4.78 is 6.90. The van der Waals surface area contributed by atoms with Crippen LogP contribution in [0.25, 0.3) is 11.5 Å². The van der Waals surface area contributed by atoms with Crippen molar-refractivity contribution < 1.29 is 9.53 Å². The molecule has 1 unspecified atom stereocenters. The topological polar surface area (TPSA) is 81.1 Å². The molecule has 1 fully saturated rings. The van der Waals surface area contributed by atoms with Crippen LogP contribution in [0, 0.1) is 6.92 Å². The highest BCUT2D eigenvalue weighted by Crippen LogP contribution is 2.23. The van der Waals surface area contributed by atoms with Crippen molar-refractivity contribution in [3.05, 3.63) is 64.7 Å². The number of aromatic nitrogens is 4. The lowest BCUT2D eigenvalue weighted by atomic mass is 10.0. The van der Waals surface area contributed by atoms with E-state index in [1.165, 1.54) is 0 Å². The van der Waals surface area contributed by atoms with Crippen LogP contribution in [0.15, 0.2) is 53.5 Å². The first-order chi connectivity index (χ1) is 14.1. The molecule has 3 aromatic rings. The Bertz CT molecular complexity index is 998. The van der Waals surface area contributed by atoms with Crippen LogP contribution in [0.4, 0.5) is 0 Å². The molecular formula is C21H20BrN5O2. The average molecular weight is 454 g/mol. The van der Waals surface area contributed by atoms with E-state index in [9.17, 15) is 4.79 Å². The number of carbonyl (C=O) groups is 1. The summed E-state index contributed by atoms with van der Waals surface area (Å²) in [6.45, 7) is 3.09. The Morgan fingerprint density at radius 3 is 2.76 bits per heavy atom. The van der Waals surface area contributed by atoms with Crippen LogP contribution in [0.1, 0.15) is 28.8 Å². The molecule has 0 aromatic carbocycles. The molecule has 0 spiro atoms. The highest BCUT2D eigenvalue weighted by Gasteiger charge is 2.28. The molecule has 148 valence electrons. The molecule has 3 aromatic heterocycles. The maximum atomic E-state index is 13.3. The van der Waals surface area contributed by atoms with Gasteiger partial charge < -0.3 is 9.64 Å². The van der Waals surface area contributed by atoms with Crippen LogP contribution in [0.2, 0.25) is 0 Å². The van der Waals surface area contributed by atoms with Crippen molar-refractivity contribution in [1.29, 1.82) is 0 Å². The molecule has 1 aliphatic heterocycles. The normalized spacial score (nSPS) is 16.5. The maximum absolute atomic E-state index is 13.3. The zero-order chi connectivity index (χ0) is 20.2. The molecular weight excluding hydrogens is 434 g/mol. The summed E-state index contributed by atoms with van der Waals surface area (Å²) in [6.07, 6.45) is 8.36. The predicted molar refractivity (Wildman–Crippen MR) is 111 cm³/mol. The van der Waals surface area contributed by atoms with Crippen LogP contribution < -0.4 is 4.74 Å². The predicted octanol–water partition coefficient (Wildman–Crippen LogP) is 3.69. The fourth-order valence-corrected chi connectivity index (χ4v) is 3.56. The number of piperidine rings is 1. The van der Waals surface area contributed by atoms with E-state index in [0.717, 1.165) is 22.9 Å². The lowest BCUT2D eigenvalue weighted by Gasteiger charge is -2.33. The minimum atomic E-state index is -0.101. The first-order valence-corrected chi connectivity index (χ1v) is 10.2. The van der Waals surface area contributed by atoms with E-state index in [2.05, 4.69) is 35.9 Å². The zero-order valence-corrected chi connectivity index (χ0v) is 17.5. The lowest BCUT2D eigenvalue weighted by molar-refractivity contribution is 0.0528. The van der Waals surface area contributed by atoms with Gasteiger partial charge in [0.1, 0.15) is 11.8 Å². The summed E-state index contributed by atoms with van der Waals surface area (Å²) in [7, 11) is 0. The van der Waals surface area contributed by atoms with Crippen LogP contribution in [0.5, 0.6) is 5.88 Å². The number of ether oxygens (including phenoxy) is 1. The third-order valence-electron chi connectivity index (χ3n) is 4.69. The Labute approximate surface area is 177 Å². The molecule has 4 rings (SSSR count). The number of rotatable bonds is 4. The van der Waals surface area contributed by atoms with Crippen molar-refractivity contribution in [2.45, 2.75) is 25.9 Å². The number of pyridine rings is 2. The smallest absolute Gasteiger partial charge is 0.256 e. The number of nitrogens with zero attached hydrogens (tertiary/aromatic N) is 5. The van der Waals surface area contributed by atoms with Crippen molar-refractivity contribution in [3.8, 4) is 17.4 Å². The van der Waals surface area contributed by atoms with Gasteiger partial charge in [0.05, 0.1) is 12.1 Å². The van der Waals surface area contributed by atoms with Gasteiger partial charge in [-0.05, 0) is 59.5 Å². The van der Waals surface area contributed by atoms with E-state index in [0.29, 0.717) is 36.1 Å². The number of hydrogen-bond donors (Lipinski definition) is 0. The third kappa shape index (κ3) is 4.59. The van der Waals surface area contributed by atoms with E-state index in [4.69, 9.17) is 4.74 Å². The van der Waals surface area contributed by atoms with Crippen LogP contribution >= 0.6 is 15.9 Å². The second kappa shape index (κ2) is 8.65. The molecule has 0 bridgehead atoms. The zero-order valence-electron chi connectivity index (χ0n) is 16.0. The van der Waals surface area contributed by atoms with Gasteiger partial charge in [-0.15, -0.1) is 0 Å². The molecule has 1 aliphatic rings. The summed E-state index contributed by atoms with van der Waals surface area (Å²) >= 11 is 3.37. The van der Waals surface area contributed by atoms with Gasteiger partial charge in [0.2, 0.25) is 5.88 Å². The van der Waals surface area contributed by atoms with Gasteiger partial charge in [-0.3, -0.25) is 9.78 Å². The quantitative estimate of drug-likeness (QED) is 0.598. The molecule has 8 heteroatoms. The van der Waals surface area contributed by atoms with E-state index in [-0.39, 0.29) is 12.0 Å². The summed E-state index contributed by atoms with van der Waals surface area (Å²) in [5.41, 5.74) is 1.93. The Morgan fingerprint density at radius 1 is 1.17 bits per heavy atom. The Kier molecular flexibility index (Phi) is 5.80. The fourth-order valence-electron chi connectivity index (χ4n) is 3.32. The Balaban J connectivity index is 1.55. The number of aryl methyl sites for hydroxylation is 1. The third-order valence-corrected chi connectivity index (χ3v) is 5.15. The monoisotopic (exact) mass is 453 g/mol. The van der Waals surface area contributed by atoms with Gasteiger partial charge >= 0.3 is 0 Å². The largest absolute Gasteiger partial charge is 0.472 e. The minimum absolute atomic E-state index is 0.0827. The molecule has 0 saturated carbocycles. The van der Waals surface area contributed by atoms with Crippen molar-refractivity contribution in [2.75, 3.05) is 13.1 Å². The van der Waals surface area contributed by atoms with Crippen molar-refractivity contribution >= 4 is 21.8 Å².